The number of fused-ring (bicyclic) bond motifs is 1. The van der Waals surface area contributed by atoms with Crippen LogP contribution >= 0.6 is 0 Å². The number of aliphatic hydroxyl groups excluding tert-OH is 1. The molecule has 1 aromatic rings. The molecule has 3 rings (SSSR count). The van der Waals surface area contributed by atoms with E-state index in [1.165, 1.54) is 4.31 Å². The van der Waals surface area contributed by atoms with Crippen molar-refractivity contribution in [3.63, 3.8) is 0 Å². The monoisotopic (exact) mass is 267 g/mol. The number of rotatable bonds is 2. The summed E-state index contributed by atoms with van der Waals surface area (Å²) in [4.78, 5) is 0.351. The van der Waals surface area contributed by atoms with Crippen LogP contribution in [0.3, 0.4) is 0 Å². The van der Waals surface area contributed by atoms with Gasteiger partial charge in [0, 0.05) is 19.0 Å². The summed E-state index contributed by atoms with van der Waals surface area (Å²) >= 11 is 0. The van der Waals surface area contributed by atoms with Gasteiger partial charge in [0.25, 0.3) is 0 Å². The van der Waals surface area contributed by atoms with Crippen molar-refractivity contribution in [1.29, 1.82) is 0 Å². The van der Waals surface area contributed by atoms with Gasteiger partial charge in [0.15, 0.2) is 0 Å². The van der Waals surface area contributed by atoms with Crippen molar-refractivity contribution >= 4 is 10.0 Å². The average molecular weight is 267 g/mol. The quantitative estimate of drug-likeness (QED) is 0.869. The fourth-order valence-corrected chi connectivity index (χ4v) is 4.42. The lowest BCUT2D eigenvalue weighted by Crippen LogP contribution is -2.39. The molecule has 98 valence electrons. The Balaban J connectivity index is 1.85. The first-order valence-electron chi connectivity index (χ1n) is 6.23. The summed E-state index contributed by atoms with van der Waals surface area (Å²) in [6.45, 7) is 2.95. The fourth-order valence-electron chi connectivity index (χ4n) is 2.89. The Hall–Kier alpha value is -0.910. The summed E-state index contributed by atoms with van der Waals surface area (Å²) in [7, 11) is -3.38. The molecule has 1 aromatic carbocycles. The third kappa shape index (κ3) is 1.77. The first-order chi connectivity index (χ1) is 8.48. The molecule has 0 spiro atoms. The smallest absolute Gasteiger partial charge is 0.243 e. The Morgan fingerprint density at radius 3 is 2.44 bits per heavy atom. The normalized spacial score (nSPS) is 32.0. The fraction of sp³-hybridized carbons (Fsp3) is 0.538. The van der Waals surface area contributed by atoms with Crippen molar-refractivity contribution in [3.8, 4) is 0 Å². The highest BCUT2D eigenvalue weighted by atomic mass is 32.2. The molecule has 1 N–H and O–H groups in total. The van der Waals surface area contributed by atoms with Crippen LogP contribution in [-0.2, 0) is 10.0 Å². The molecule has 5 heteroatoms. The second-order valence-corrected chi connectivity index (χ2v) is 7.30. The van der Waals surface area contributed by atoms with Crippen LogP contribution in [0.2, 0.25) is 0 Å². The molecule has 18 heavy (non-hydrogen) atoms. The number of aryl methyl sites for hydroxylation is 1. The SMILES string of the molecule is Cc1ccc(S(=O)(=O)N2C[C@@H]3C[C@H](O)[C@H]3C2)cc1. The highest BCUT2D eigenvalue weighted by Crippen LogP contribution is 2.42. The van der Waals surface area contributed by atoms with Crippen LogP contribution < -0.4 is 0 Å². The van der Waals surface area contributed by atoms with E-state index in [0.717, 1.165) is 12.0 Å². The Bertz CT molecular complexity index is 552. The van der Waals surface area contributed by atoms with Crippen molar-refractivity contribution in [1.82, 2.24) is 4.31 Å². The standard InChI is InChI=1S/C13H17NO3S/c1-9-2-4-11(5-3-9)18(16,17)14-7-10-6-13(15)12(10)8-14/h2-5,10,12-13,15H,6-8H2,1H3/t10-,12-,13-/m0/s1. The Morgan fingerprint density at radius 2 is 1.89 bits per heavy atom. The predicted molar refractivity (Wildman–Crippen MR) is 67.5 cm³/mol. The molecule has 1 saturated carbocycles. The van der Waals surface area contributed by atoms with Gasteiger partial charge in [-0.2, -0.15) is 4.31 Å². The molecule has 1 saturated heterocycles. The maximum Gasteiger partial charge on any atom is 0.243 e. The minimum atomic E-state index is -3.38. The molecule has 2 fully saturated rings. The topological polar surface area (TPSA) is 57.6 Å². The zero-order valence-corrected chi connectivity index (χ0v) is 11.1. The second kappa shape index (κ2) is 4.05. The number of benzene rings is 1. The highest BCUT2D eigenvalue weighted by Gasteiger charge is 2.49. The summed E-state index contributed by atoms with van der Waals surface area (Å²) in [6, 6.07) is 6.93. The summed E-state index contributed by atoms with van der Waals surface area (Å²) in [6.07, 6.45) is 0.429. The molecule has 3 atom stereocenters. The maximum atomic E-state index is 12.4. The molecule has 0 aromatic heterocycles. The van der Waals surface area contributed by atoms with Gasteiger partial charge in [-0.25, -0.2) is 8.42 Å². The minimum absolute atomic E-state index is 0.144. The van der Waals surface area contributed by atoms with Gasteiger partial charge >= 0.3 is 0 Å². The van der Waals surface area contributed by atoms with Crippen molar-refractivity contribution < 1.29 is 13.5 Å². The van der Waals surface area contributed by atoms with Crippen molar-refractivity contribution in [2.24, 2.45) is 11.8 Å². The lowest BCUT2D eigenvalue weighted by molar-refractivity contribution is -0.00416. The van der Waals surface area contributed by atoms with E-state index in [1.54, 1.807) is 12.1 Å². The zero-order chi connectivity index (χ0) is 12.9. The third-order valence-electron chi connectivity index (χ3n) is 4.16. The van der Waals surface area contributed by atoms with Gasteiger partial charge < -0.3 is 5.11 Å². The molecule has 0 amide bonds. The van der Waals surface area contributed by atoms with Crippen molar-refractivity contribution in [3.05, 3.63) is 29.8 Å². The van der Waals surface area contributed by atoms with E-state index in [1.807, 2.05) is 19.1 Å². The van der Waals surface area contributed by atoms with E-state index in [4.69, 9.17) is 0 Å². The molecule has 4 nitrogen and oxygen atoms in total. The second-order valence-electron chi connectivity index (χ2n) is 5.36. The van der Waals surface area contributed by atoms with E-state index < -0.39 is 10.0 Å². The highest BCUT2D eigenvalue weighted by molar-refractivity contribution is 7.89. The van der Waals surface area contributed by atoms with Crippen LogP contribution in [0.25, 0.3) is 0 Å². The van der Waals surface area contributed by atoms with Crippen molar-refractivity contribution in [2.75, 3.05) is 13.1 Å². The Morgan fingerprint density at radius 1 is 1.22 bits per heavy atom. The number of sulfonamides is 1. The van der Waals surface area contributed by atoms with Crippen LogP contribution in [-0.4, -0.2) is 37.0 Å². The number of hydrogen-bond acceptors (Lipinski definition) is 3. The third-order valence-corrected chi connectivity index (χ3v) is 6.00. The van der Waals surface area contributed by atoms with E-state index in [0.29, 0.717) is 23.9 Å². The van der Waals surface area contributed by atoms with E-state index in [9.17, 15) is 13.5 Å². The molecule has 0 bridgehead atoms. The molecule has 1 heterocycles. The van der Waals surface area contributed by atoms with E-state index in [-0.39, 0.29) is 12.0 Å². The maximum absolute atomic E-state index is 12.4. The lowest BCUT2D eigenvalue weighted by Gasteiger charge is -2.34. The molecule has 0 unspecified atom stereocenters. The van der Waals surface area contributed by atoms with E-state index in [2.05, 4.69) is 0 Å². The van der Waals surface area contributed by atoms with Gasteiger partial charge in [-0.15, -0.1) is 0 Å². The number of nitrogens with zero attached hydrogens (tertiary/aromatic N) is 1. The lowest BCUT2D eigenvalue weighted by atomic mass is 9.74. The van der Waals surface area contributed by atoms with Gasteiger partial charge in [-0.1, -0.05) is 17.7 Å². The van der Waals surface area contributed by atoms with Crippen LogP contribution in [0.4, 0.5) is 0 Å². The van der Waals surface area contributed by atoms with Gasteiger partial charge in [-0.05, 0) is 31.4 Å². The number of aliphatic hydroxyl groups is 1. The van der Waals surface area contributed by atoms with Crippen LogP contribution in [0.15, 0.2) is 29.2 Å². The molecule has 1 aliphatic heterocycles. The molecule has 0 radical (unpaired) electrons. The Kier molecular flexibility index (Phi) is 2.73. The molecule has 1 aliphatic carbocycles. The van der Waals surface area contributed by atoms with Crippen LogP contribution in [0.1, 0.15) is 12.0 Å². The number of hydrogen-bond donors (Lipinski definition) is 1. The van der Waals surface area contributed by atoms with Gasteiger partial charge in [0.2, 0.25) is 10.0 Å². The van der Waals surface area contributed by atoms with Gasteiger partial charge in [0.05, 0.1) is 11.0 Å². The summed E-state index contributed by atoms with van der Waals surface area (Å²) in [5, 5.41) is 9.59. The first kappa shape index (κ1) is 12.1. The van der Waals surface area contributed by atoms with Crippen molar-refractivity contribution in [2.45, 2.75) is 24.3 Å². The largest absolute Gasteiger partial charge is 0.393 e. The molecular formula is C13H17NO3S. The van der Waals surface area contributed by atoms with Gasteiger partial charge in [-0.3, -0.25) is 0 Å². The van der Waals surface area contributed by atoms with Crippen LogP contribution in [0, 0.1) is 18.8 Å². The minimum Gasteiger partial charge on any atom is -0.393 e. The summed E-state index contributed by atoms with van der Waals surface area (Å²) in [5.41, 5.74) is 1.05. The predicted octanol–water partition coefficient (Wildman–Crippen LogP) is 0.996. The first-order valence-corrected chi connectivity index (χ1v) is 7.67. The molecule has 2 aliphatic rings. The van der Waals surface area contributed by atoms with Gasteiger partial charge in [0.1, 0.15) is 0 Å². The van der Waals surface area contributed by atoms with Crippen LogP contribution in [0.5, 0.6) is 0 Å². The average Bonchev–Trinajstić information content (AvgIpc) is 2.67. The Labute approximate surface area is 107 Å². The zero-order valence-electron chi connectivity index (χ0n) is 10.3. The van der Waals surface area contributed by atoms with E-state index >= 15 is 0 Å². The summed E-state index contributed by atoms with van der Waals surface area (Å²) < 4.78 is 26.3. The molecular weight excluding hydrogens is 250 g/mol. The summed E-state index contributed by atoms with van der Waals surface area (Å²) in [5.74, 6) is 0.491.